The molecule has 0 aliphatic heterocycles. The Morgan fingerprint density at radius 3 is 2.40 bits per heavy atom. The standard InChI is InChI=1S/C14H14O2.C4H9NO4/c1-10(9-15)11-3-4-13-8-14(16-2)6-5-12(13)7-11;1-8-3-2-4-9-5(6)7/h3-10H,1-2H3;2-4H2,1H3. The molecular formula is C18H23NO6. The molecule has 0 bridgehead atoms. The first kappa shape index (κ1) is 20.4. The van der Waals surface area contributed by atoms with Gasteiger partial charge in [0.25, 0.3) is 5.09 Å². The predicted molar refractivity (Wildman–Crippen MR) is 94.4 cm³/mol. The summed E-state index contributed by atoms with van der Waals surface area (Å²) in [6.45, 7) is 2.51. The third-order valence-corrected chi connectivity index (χ3v) is 3.49. The molecule has 0 saturated heterocycles. The molecule has 0 radical (unpaired) electrons. The van der Waals surface area contributed by atoms with Crippen LogP contribution in [-0.4, -0.2) is 38.8 Å². The van der Waals surface area contributed by atoms with Crippen molar-refractivity contribution >= 4 is 17.1 Å². The average Bonchev–Trinajstić information content (AvgIpc) is 2.64. The molecule has 0 saturated carbocycles. The van der Waals surface area contributed by atoms with Crippen molar-refractivity contribution in [3.8, 4) is 5.75 Å². The minimum Gasteiger partial charge on any atom is -0.497 e. The molecule has 7 nitrogen and oxygen atoms in total. The van der Waals surface area contributed by atoms with Crippen molar-refractivity contribution in [1.29, 1.82) is 0 Å². The number of aldehydes is 1. The van der Waals surface area contributed by atoms with Crippen LogP contribution in [0.5, 0.6) is 5.75 Å². The molecular weight excluding hydrogens is 326 g/mol. The van der Waals surface area contributed by atoms with Gasteiger partial charge in [0.05, 0.1) is 13.7 Å². The summed E-state index contributed by atoms with van der Waals surface area (Å²) in [6, 6.07) is 12.0. The Kier molecular flexibility index (Phi) is 8.95. The van der Waals surface area contributed by atoms with E-state index in [1.807, 2.05) is 43.3 Å². The van der Waals surface area contributed by atoms with Gasteiger partial charge in [-0.1, -0.05) is 31.2 Å². The van der Waals surface area contributed by atoms with Gasteiger partial charge in [-0.05, 0) is 34.9 Å². The Labute approximate surface area is 146 Å². The van der Waals surface area contributed by atoms with Crippen molar-refractivity contribution in [3.05, 3.63) is 52.1 Å². The highest BCUT2D eigenvalue weighted by molar-refractivity contribution is 5.85. The molecule has 1 unspecified atom stereocenters. The van der Waals surface area contributed by atoms with Crippen LogP contribution < -0.4 is 4.74 Å². The maximum absolute atomic E-state index is 10.7. The van der Waals surface area contributed by atoms with E-state index in [1.54, 1.807) is 7.11 Å². The molecule has 1 atom stereocenters. The number of carbonyl (C=O) groups is 1. The Balaban J connectivity index is 0.000000299. The van der Waals surface area contributed by atoms with Gasteiger partial charge in [-0.3, -0.25) is 0 Å². The number of carbonyl (C=O) groups excluding carboxylic acids is 1. The van der Waals surface area contributed by atoms with Crippen LogP contribution in [-0.2, 0) is 14.4 Å². The summed E-state index contributed by atoms with van der Waals surface area (Å²) in [5.74, 6) is 0.801. The second-order valence-electron chi connectivity index (χ2n) is 5.30. The van der Waals surface area contributed by atoms with Gasteiger partial charge in [-0.15, -0.1) is 10.1 Å². The Hall–Kier alpha value is -2.67. The molecule has 0 aromatic heterocycles. The lowest BCUT2D eigenvalue weighted by Gasteiger charge is -2.07. The summed E-state index contributed by atoms with van der Waals surface area (Å²) in [5.41, 5.74) is 1.05. The fraction of sp³-hybridized carbons (Fsp3) is 0.389. The summed E-state index contributed by atoms with van der Waals surface area (Å²) in [5, 5.41) is 11.0. The zero-order valence-electron chi connectivity index (χ0n) is 14.6. The molecule has 0 amide bonds. The van der Waals surface area contributed by atoms with Crippen molar-refractivity contribution in [1.82, 2.24) is 0 Å². The number of fused-ring (bicyclic) bond motifs is 1. The zero-order valence-corrected chi connectivity index (χ0v) is 14.6. The number of hydrogen-bond donors (Lipinski definition) is 0. The smallest absolute Gasteiger partial charge is 0.294 e. The highest BCUT2D eigenvalue weighted by Gasteiger charge is 2.04. The summed E-state index contributed by atoms with van der Waals surface area (Å²) in [4.78, 5) is 24.2. The van der Waals surface area contributed by atoms with Gasteiger partial charge in [-0.25, -0.2) is 0 Å². The number of methoxy groups -OCH3 is 2. The number of rotatable bonds is 8. The van der Waals surface area contributed by atoms with Crippen LogP contribution in [0.2, 0.25) is 0 Å². The molecule has 2 aromatic rings. The summed E-state index contributed by atoms with van der Waals surface area (Å²) in [6.07, 6.45) is 1.52. The zero-order chi connectivity index (χ0) is 18.7. The van der Waals surface area contributed by atoms with Crippen molar-refractivity contribution in [3.63, 3.8) is 0 Å². The normalized spacial score (nSPS) is 11.2. The van der Waals surface area contributed by atoms with Crippen molar-refractivity contribution in [2.45, 2.75) is 19.3 Å². The molecule has 0 spiro atoms. The lowest BCUT2D eigenvalue weighted by Crippen LogP contribution is -2.04. The molecule has 2 aromatic carbocycles. The van der Waals surface area contributed by atoms with Gasteiger partial charge in [0.15, 0.2) is 0 Å². The lowest BCUT2D eigenvalue weighted by molar-refractivity contribution is -0.757. The summed E-state index contributed by atoms with van der Waals surface area (Å²) < 4.78 is 9.79. The molecule has 0 fully saturated rings. The molecule has 7 heteroatoms. The highest BCUT2D eigenvalue weighted by Crippen LogP contribution is 2.24. The monoisotopic (exact) mass is 349 g/mol. The van der Waals surface area contributed by atoms with Crippen molar-refractivity contribution in [2.75, 3.05) is 27.4 Å². The van der Waals surface area contributed by atoms with E-state index in [0.29, 0.717) is 13.0 Å². The van der Waals surface area contributed by atoms with Crippen LogP contribution in [0.1, 0.15) is 24.8 Å². The van der Waals surface area contributed by atoms with Crippen LogP contribution in [0.25, 0.3) is 10.8 Å². The Bertz CT molecular complexity index is 688. The average molecular weight is 349 g/mol. The van der Waals surface area contributed by atoms with Crippen molar-refractivity contribution < 1.29 is 24.2 Å². The maximum atomic E-state index is 10.7. The van der Waals surface area contributed by atoms with E-state index in [2.05, 4.69) is 9.57 Å². The van der Waals surface area contributed by atoms with E-state index < -0.39 is 5.09 Å². The van der Waals surface area contributed by atoms with Crippen LogP contribution >= 0.6 is 0 Å². The molecule has 25 heavy (non-hydrogen) atoms. The molecule has 136 valence electrons. The van der Waals surface area contributed by atoms with Gasteiger partial charge >= 0.3 is 0 Å². The Morgan fingerprint density at radius 1 is 1.12 bits per heavy atom. The third-order valence-electron chi connectivity index (χ3n) is 3.49. The summed E-state index contributed by atoms with van der Waals surface area (Å²) >= 11 is 0. The highest BCUT2D eigenvalue weighted by atomic mass is 16.9. The first-order chi connectivity index (χ1) is 12.0. The Morgan fingerprint density at radius 2 is 1.80 bits per heavy atom. The third kappa shape index (κ3) is 7.17. The van der Waals surface area contributed by atoms with Crippen LogP contribution in [0.3, 0.4) is 0 Å². The van der Waals surface area contributed by atoms with E-state index in [1.165, 1.54) is 7.11 Å². The number of ether oxygens (including phenoxy) is 2. The molecule has 2 rings (SSSR count). The summed E-state index contributed by atoms with van der Waals surface area (Å²) in [7, 11) is 3.19. The molecule has 0 aliphatic carbocycles. The first-order valence-electron chi connectivity index (χ1n) is 7.81. The lowest BCUT2D eigenvalue weighted by atomic mass is 9.99. The van der Waals surface area contributed by atoms with Crippen LogP contribution in [0, 0.1) is 10.1 Å². The van der Waals surface area contributed by atoms with E-state index in [0.717, 1.165) is 28.4 Å². The van der Waals surface area contributed by atoms with Gasteiger partial charge in [-0.2, -0.15) is 0 Å². The minimum absolute atomic E-state index is 0.0495. The van der Waals surface area contributed by atoms with E-state index in [9.17, 15) is 14.9 Å². The van der Waals surface area contributed by atoms with E-state index in [4.69, 9.17) is 4.74 Å². The SMILES string of the molecule is COCCCO[N+](=O)[O-].COc1ccc2cc(C(C)C=O)ccc2c1. The molecule has 0 N–H and O–H groups in total. The minimum atomic E-state index is -0.810. The molecule has 0 aliphatic rings. The van der Waals surface area contributed by atoms with E-state index in [-0.39, 0.29) is 12.5 Å². The van der Waals surface area contributed by atoms with Gasteiger partial charge in [0.1, 0.15) is 12.0 Å². The second kappa shape index (κ2) is 11.0. The number of nitrogens with zero attached hydrogens (tertiary/aromatic N) is 1. The predicted octanol–water partition coefficient (Wildman–Crippen LogP) is 3.38. The van der Waals surface area contributed by atoms with Crippen molar-refractivity contribution in [2.24, 2.45) is 0 Å². The second-order valence-corrected chi connectivity index (χ2v) is 5.30. The maximum Gasteiger partial charge on any atom is 0.294 e. The van der Waals surface area contributed by atoms with Crippen LogP contribution in [0.15, 0.2) is 36.4 Å². The largest absolute Gasteiger partial charge is 0.497 e. The first-order valence-corrected chi connectivity index (χ1v) is 7.81. The van der Waals surface area contributed by atoms with Gasteiger partial charge in [0.2, 0.25) is 0 Å². The van der Waals surface area contributed by atoms with Gasteiger partial charge in [0, 0.05) is 19.6 Å². The number of benzene rings is 2. The van der Waals surface area contributed by atoms with Gasteiger partial charge < -0.3 is 19.1 Å². The quantitative estimate of drug-likeness (QED) is 0.314. The fourth-order valence-corrected chi connectivity index (χ4v) is 2.07. The van der Waals surface area contributed by atoms with E-state index >= 15 is 0 Å². The van der Waals surface area contributed by atoms with Crippen LogP contribution in [0.4, 0.5) is 0 Å². The fourth-order valence-electron chi connectivity index (χ4n) is 2.07. The molecule has 0 heterocycles. The number of hydrogen-bond acceptors (Lipinski definition) is 6. The topological polar surface area (TPSA) is 87.9 Å².